The second-order valence-electron chi connectivity index (χ2n) is 6.56. The fourth-order valence-corrected chi connectivity index (χ4v) is 2.90. The van der Waals surface area contributed by atoms with Crippen LogP contribution in [-0.2, 0) is 4.74 Å². The van der Waals surface area contributed by atoms with Gasteiger partial charge < -0.3 is 20.3 Å². The van der Waals surface area contributed by atoms with Gasteiger partial charge in [-0.05, 0) is 52.9 Å². The standard InChI is InChI=1S/C17H31N5O2.2ClH/c1-4-24-15(7-10-21(2)3)13-19-17(23)16-8-11-22(20-16)14-6-5-9-18-12-14;;/h8,11,14-15,18H,4-7,9-10,12-13H2,1-3H3,(H,19,23);2*1H. The molecule has 0 saturated carbocycles. The normalized spacial score (nSPS) is 17.9. The van der Waals surface area contributed by atoms with Crippen LogP contribution in [0, 0.1) is 0 Å². The molecule has 1 saturated heterocycles. The molecule has 0 aliphatic carbocycles. The van der Waals surface area contributed by atoms with E-state index in [9.17, 15) is 4.79 Å². The van der Waals surface area contributed by atoms with Gasteiger partial charge >= 0.3 is 0 Å². The number of aromatic nitrogens is 2. The molecule has 2 unspecified atom stereocenters. The number of carbonyl (C=O) groups excluding carboxylic acids is 1. The predicted molar refractivity (Wildman–Crippen MR) is 109 cm³/mol. The molecule has 26 heavy (non-hydrogen) atoms. The first-order valence-electron chi connectivity index (χ1n) is 8.90. The summed E-state index contributed by atoms with van der Waals surface area (Å²) >= 11 is 0. The Labute approximate surface area is 169 Å². The Hall–Kier alpha value is -0.860. The molecular formula is C17H33Cl2N5O2. The van der Waals surface area contributed by atoms with Crippen molar-refractivity contribution in [3.63, 3.8) is 0 Å². The van der Waals surface area contributed by atoms with E-state index in [0.29, 0.717) is 24.9 Å². The van der Waals surface area contributed by atoms with E-state index in [-0.39, 0.29) is 36.8 Å². The van der Waals surface area contributed by atoms with Gasteiger partial charge in [0.15, 0.2) is 0 Å². The number of piperidine rings is 1. The molecule has 0 spiro atoms. The summed E-state index contributed by atoms with van der Waals surface area (Å²) in [6.07, 6.45) is 5.08. The van der Waals surface area contributed by atoms with Crippen molar-refractivity contribution in [3.05, 3.63) is 18.0 Å². The maximum absolute atomic E-state index is 12.3. The first-order valence-corrected chi connectivity index (χ1v) is 8.90. The highest BCUT2D eigenvalue weighted by atomic mass is 35.5. The molecule has 2 atom stereocenters. The molecule has 2 heterocycles. The van der Waals surface area contributed by atoms with Crippen LogP contribution >= 0.6 is 24.8 Å². The summed E-state index contributed by atoms with van der Waals surface area (Å²) in [4.78, 5) is 14.4. The van der Waals surface area contributed by atoms with Gasteiger partial charge in [-0.3, -0.25) is 9.48 Å². The van der Waals surface area contributed by atoms with E-state index < -0.39 is 0 Å². The van der Waals surface area contributed by atoms with Crippen LogP contribution in [0.15, 0.2) is 12.3 Å². The highest BCUT2D eigenvalue weighted by Crippen LogP contribution is 2.15. The van der Waals surface area contributed by atoms with E-state index in [0.717, 1.165) is 38.9 Å². The molecule has 1 aliphatic heterocycles. The van der Waals surface area contributed by atoms with Gasteiger partial charge in [-0.1, -0.05) is 0 Å². The van der Waals surface area contributed by atoms with Crippen molar-refractivity contribution >= 4 is 30.7 Å². The van der Waals surface area contributed by atoms with Crippen LogP contribution in [0.1, 0.15) is 42.7 Å². The maximum Gasteiger partial charge on any atom is 0.271 e. The van der Waals surface area contributed by atoms with Crippen LogP contribution in [0.25, 0.3) is 0 Å². The van der Waals surface area contributed by atoms with Gasteiger partial charge in [-0.15, -0.1) is 24.8 Å². The van der Waals surface area contributed by atoms with Gasteiger partial charge in [0, 0.05) is 32.4 Å². The topological polar surface area (TPSA) is 71.4 Å². The highest BCUT2D eigenvalue weighted by molar-refractivity contribution is 5.92. The molecule has 1 aromatic rings. The van der Waals surface area contributed by atoms with Crippen LogP contribution in [0.2, 0.25) is 0 Å². The summed E-state index contributed by atoms with van der Waals surface area (Å²) in [7, 11) is 4.07. The SMILES string of the molecule is CCOC(CCN(C)C)CNC(=O)c1ccn(C2CCCNC2)n1.Cl.Cl. The Balaban J connectivity index is 0.00000312. The zero-order valence-corrected chi connectivity index (χ0v) is 17.6. The molecule has 0 aromatic carbocycles. The molecule has 0 radical (unpaired) electrons. The first kappa shape index (κ1) is 25.1. The van der Waals surface area contributed by atoms with Crippen molar-refractivity contribution in [3.8, 4) is 0 Å². The average molecular weight is 410 g/mol. The summed E-state index contributed by atoms with van der Waals surface area (Å²) < 4.78 is 7.61. The zero-order chi connectivity index (χ0) is 17.4. The molecule has 1 amide bonds. The number of hydrogen-bond acceptors (Lipinski definition) is 5. The molecule has 1 aromatic heterocycles. The van der Waals surface area contributed by atoms with Crippen LogP contribution in [0.5, 0.6) is 0 Å². The quantitative estimate of drug-likeness (QED) is 0.649. The lowest BCUT2D eigenvalue weighted by atomic mass is 10.1. The van der Waals surface area contributed by atoms with Crippen LogP contribution < -0.4 is 10.6 Å². The van der Waals surface area contributed by atoms with Gasteiger partial charge in [0.1, 0.15) is 5.69 Å². The number of ether oxygens (including phenoxy) is 1. The molecule has 0 bridgehead atoms. The van der Waals surface area contributed by atoms with Crippen molar-refractivity contribution in [2.75, 3.05) is 46.9 Å². The number of nitrogens with one attached hydrogen (secondary N) is 2. The molecule has 9 heteroatoms. The Kier molecular flexibility index (Phi) is 12.9. The van der Waals surface area contributed by atoms with Crippen LogP contribution in [0.4, 0.5) is 0 Å². The van der Waals surface area contributed by atoms with Gasteiger partial charge in [0.2, 0.25) is 0 Å². The second-order valence-corrected chi connectivity index (χ2v) is 6.56. The van der Waals surface area contributed by atoms with E-state index in [2.05, 4.69) is 20.6 Å². The van der Waals surface area contributed by atoms with Crippen molar-refractivity contribution in [1.29, 1.82) is 0 Å². The van der Waals surface area contributed by atoms with E-state index in [4.69, 9.17) is 4.74 Å². The largest absolute Gasteiger partial charge is 0.377 e. The fraction of sp³-hybridized carbons (Fsp3) is 0.765. The number of hydrogen-bond donors (Lipinski definition) is 2. The summed E-state index contributed by atoms with van der Waals surface area (Å²) in [5.74, 6) is -0.132. The molecule has 1 fully saturated rings. The highest BCUT2D eigenvalue weighted by Gasteiger charge is 2.18. The zero-order valence-electron chi connectivity index (χ0n) is 15.9. The summed E-state index contributed by atoms with van der Waals surface area (Å²) in [6.45, 7) is 6.06. The minimum Gasteiger partial charge on any atom is -0.377 e. The minimum atomic E-state index is -0.132. The third kappa shape index (κ3) is 8.22. The van der Waals surface area contributed by atoms with Gasteiger partial charge in [0.05, 0.1) is 12.1 Å². The Bertz CT molecular complexity index is 507. The lowest BCUT2D eigenvalue weighted by Gasteiger charge is -2.23. The van der Waals surface area contributed by atoms with Crippen molar-refractivity contribution in [1.82, 2.24) is 25.3 Å². The lowest BCUT2D eigenvalue weighted by Crippen LogP contribution is -2.36. The van der Waals surface area contributed by atoms with Crippen molar-refractivity contribution in [2.45, 2.75) is 38.3 Å². The number of amides is 1. The maximum atomic E-state index is 12.3. The van der Waals surface area contributed by atoms with E-state index in [1.807, 2.05) is 31.9 Å². The summed E-state index contributed by atoms with van der Waals surface area (Å²) in [5.41, 5.74) is 0.475. The number of halogens is 2. The Morgan fingerprint density at radius 1 is 1.50 bits per heavy atom. The molecule has 1 aliphatic rings. The Morgan fingerprint density at radius 3 is 2.88 bits per heavy atom. The molecular weight excluding hydrogens is 377 g/mol. The van der Waals surface area contributed by atoms with E-state index in [1.54, 1.807) is 6.07 Å². The smallest absolute Gasteiger partial charge is 0.271 e. The fourth-order valence-electron chi connectivity index (χ4n) is 2.90. The third-order valence-corrected chi connectivity index (χ3v) is 4.28. The van der Waals surface area contributed by atoms with E-state index >= 15 is 0 Å². The van der Waals surface area contributed by atoms with Crippen molar-refractivity contribution in [2.24, 2.45) is 0 Å². The third-order valence-electron chi connectivity index (χ3n) is 4.28. The number of nitrogens with zero attached hydrogens (tertiary/aromatic N) is 3. The predicted octanol–water partition coefficient (Wildman–Crippen LogP) is 1.74. The van der Waals surface area contributed by atoms with Gasteiger partial charge in [-0.2, -0.15) is 5.10 Å². The number of rotatable bonds is 9. The molecule has 2 N–H and O–H groups in total. The van der Waals surface area contributed by atoms with E-state index in [1.165, 1.54) is 0 Å². The summed E-state index contributed by atoms with van der Waals surface area (Å²) in [6, 6.07) is 2.14. The van der Waals surface area contributed by atoms with Crippen LogP contribution in [-0.4, -0.2) is 73.6 Å². The Morgan fingerprint density at radius 2 is 2.27 bits per heavy atom. The molecule has 7 nitrogen and oxygen atoms in total. The molecule has 2 rings (SSSR count). The van der Waals surface area contributed by atoms with Gasteiger partial charge in [-0.25, -0.2) is 0 Å². The second kappa shape index (κ2) is 13.3. The summed E-state index contributed by atoms with van der Waals surface area (Å²) in [5, 5.41) is 10.8. The van der Waals surface area contributed by atoms with Gasteiger partial charge in [0.25, 0.3) is 5.91 Å². The van der Waals surface area contributed by atoms with Crippen LogP contribution in [0.3, 0.4) is 0 Å². The van der Waals surface area contributed by atoms with Crippen molar-refractivity contribution < 1.29 is 9.53 Å². The number of carbonyl (C=O) groups is 1. The monoisotopic (exact) mass is 409 g/mol. The lowest BCUT2D eigenvalue weighted by molar-refractivity contribution is 0.0495. The first-order chi connectivity index (χ1) is 11.6. The minimum absolute atomic E-state index is 0. The average Bonchev–Trinajstić information content (AvgIpc) is 3.08. The molecule has 152 valence electrons.